The van der Waals surface area contributed by atoms with Crippen LogP contribution < -0.4 is 9.46 Å². The third kappa shape index (κ3) is 4.97. The highest BCUT2D eigenvalue weighted by Gasteiger charge is 2.20. The van der Waals surface area contributed by atoms with E-state index in [1.807, 2.05) is 32.8 Å². The zero-order chi connectivity index (χ0) is 16.9. The fraction of sp³-hybridized carbons (Fsp3) is 0.625. The summed E-state index contributed by atoms with van der Waals surface area (Å²) in [5.74, 6) is 0.928. The maximum atomic E-state index is 12.5. The molecule has 0 aliphatic heterocycles. The molecule has 0 fully saturated rings. The second-order valence-corrected chi connectivity index (χ2v) is 7.80. The summed E-state index contributed by atoms with van der Waals surface area (Å²) in [7, 11) is 2.05. The van der Waals surface area contributed by atoms with Gasteiger partial charge < -0.3 is 9.64 Å². The van der Waals surface area contributed by atoms with Crippen LogP contribution in [0.4, 0.5) is 0 Å². The molecule has 5 nitrogen and oxygen atoms in total. The van der Waals surface area contributed by atoms with E-state index in [4.69, 9.17) is 4.74 Å². The summed E-state index contributed by atoms with van der Waals surface area (Å²) in [6, 6.07) is 3.52. The minimum Gasteiger partial charge on any atom is -0.496 e. The van der Waals surface area contributed by atoms with Crippen LogP contribution in [0.2, 0.25) is 0 Å². The summed E-state index contributed by atoms with van der Waals surface area (Å²) in [5.41, 5.74) is 1.60. The first kappa shape index (κ1) is 18.9. The summed E-state index contributed by atoms with van der Waals surface area (Å²) < 4.78 is 33.1. The molecule has 0 aromatic heterocycles. The van der Waals surface area contributed by atoms with E-state index in [1.54, 1.807) is 26.2 Å². The molecule has 0 radical (unpaired) electrons. The third-order valence-corrected chi connectivity index (χ3v) is 5.12. The zero-order valence-electron chi connectivity index (χ0n) is 14.4. The van der Waals surface area contributed by atoms with Crippen molar-refractivity contribution in [3.63, 3.8) is 0 Å². The Morgan fingerprint density at radius 1 is 1.27 bits per heavy atom. The standard InChI is InChI=1S/C16H28N2O3S/c1-12(2)14-11-16(13(3)10-15(14)21-6)22(19,20)17-8-7-9-18(4)5/h10-12,17H,7-9H2,1-6H3. The monoisotopic (exact) mass is 328 g/mol. The molecule has 0 spiro atoms. The lowest BCUT2D eigenvalue weighted by atomic mass is 10.0. The predicted octanol–water partition coefficient (Wildman–Crippen LogP) is 2.36. The largest absolute Gasteiger partial charge is 0.496 e. The Hall–Kier alpha value is -1.11. The van der Waals surface area contributed by atoms with Crippen molar-refractivity contribution in [2.75, 3.05) is 34.3 Å². The second-order valence-electron chi connectivity index (χ2n) is 6.07. The van der Waals surface area contributed by atoms with Crippen LogP contribution in [0, 0.1) is 6.92 Å². The van der Waals surface area contributed by atoms with Gasteiger partial charge in [-0.25, -0.2) is 13.1 Å². The van der Waals surface area contributed by atoms with Crippen LogP contribution in [0.5, 0.6) is 5.75 Å². The van der Waals surface area contributed by atoms with Gasteiger partial charge in [-0.2, -0.15) is 0 Å². The van der Waals surface area contributed by atoms with Crippen molar-refractivity contribution in [1.29, 1.82) is 0 Å². The fourth-order valence-corrected chi connectivity index (χ4v) is 3.61. The predicted molar refractivity (Wildman–Crippen MR) is 90.2 cm³/mol. The van der Waals surface area contributed by atoms with Crippen LogP contribution in [-0.2, 0) is 10.0 Å². The minimum absolute atomic E-state index is 0.193. The van der Waals surface area contributed by atoms with Gasteiger partial charge in [-0.15, -0.1) is 0 Å². The zero-order valence-corrected chi connectivity index (χ0v) is 15.3. The molecule has 0 saturated carbocycles. The first-order valence-electron chi connectivity index (χ1n) is 7.52. The summed E-state index contributed by atoms with van der Waals surface area (Å²) in [6.45, 7) is 7.12. The number of hydrogen-bond acceptors (Lipinski definition) is 4. The van der Waals surface area contributed by atoms with E-state index in [2.05, 4.69) is 4.72 Å². The van der Waals surface area contributed by atoms with E-state index in [-0.39, 0.29) is 5.92 Å². The van der Waals surface area contributed by atoms with Crippen molar-refractivity contribution in [3.05, 3.63) is 23.3 Å². The first-order chi connectivity index (χ1) is 10.2. The molecular weight excluding hydrogens is 300 g/mol. The average molecular weight is 328 g/mol. The molecule has 1 rings (SSSR count). The molecule has 0 aliphatic rings. The van der Waals surface area contributed by atoms with Gasteiger partial charge in [0.1, 0.15) is 5.75 Å². The maximum Gasteiger partial charge on any atom is 0.240 e. The van der Waals surface area contributed by atoms with Crippen molar-refractivity contribution in [2.45, 2.75) is 38.0 Å². The summed E-state index contributed by atoms with van der Waals surface area (Å²) in [5, 5.41) is 0. The fourth-order valence-electron chi connectivity index (χ4n) is 2.27. The van der Waals surface area contributed by atoms with Gasteiger partial charge in [0.05, 0.1) is 12.0 Å². The normalized spacial score (nSPS) is 12.2. The smallest absolute Gasteiger partial charge is 0.240 e. The van der Waals surface area contributed by atoms with Crippen molar-refractivity contribution < 1.29 is 13.2 Å². The highest BCUT2D eigenvalue weighted by molar-refractivity contribution is 7.89. The molecular formula is C16H28N2O3S. The first-order valence-corrected chi connectivity index (χ1v) is 9.00. The number of hydrogen-bond donors (Lipinski definition) is 1. The molecule has 1 N–H and O–H groups in total. The van der Waals surface area contributed by atoms with E-state index < -0.39 is 10.0 Å². The number of methoxy groups -OCH3 is 1. The summed E-state index contributed by atoms with van der Waals surface area (Å²) in [6.07, 6.45) is 0.776. The number of benzene rings is 1. The molecule has 0 unspecified atom stereocenters. The van der Waals surface area contributed by atoms with E-state index in [0.717, 1.165) is 24.3 Å². The van der Waals surface area contributed by atoms with E-state index in [0.29, 0.717) is 17.0 Å². The van der Waals surface area contributed by atoms with Gasteiger partial charge in [0.2, 0.25) is 10.0 Å². The molecule has 0 aliphatic carbocycles. The van der Waals surface area contributed by atoms with Gasteiger partial charge in [-0.1, -0.05) is 13.8 Å². The Kier molecular flexibility index (Phi) is 6.84. The van der Waals surface area contributed by atoms with Crippen LogP contribution >= 0.6 is 0 Å². The molecule has 1 aromatic carbocycles. The SMILES string of the molecule is COc1cc(C)c(S(=O)(=O)NCCCN(C)C)cc1C(C)C. The van der Waals surface area contributed by atoms with Gasteiger partial charge >= 0.3 is 0 Å². The van der Waals surface area contributed by atoms with Gasteiger partial charge in [0, 0.05) is 6.54 Å². The molecule has 0 bridgehead atoms. The van der Waals surface area contributed by atoms with E-state index >= 15 is 0 Å². The van der Waals surface area contributed by atoms with Crippen molar-refractivity contribution in [2.24, 2.45) is 0 Å². The summed E-state index contributed by atoms with van der Waals surface area (Å²) >= 11 is 0. The molecule has 1 aromatic rings. The van der Waals surface area contributed by atoms with Crippen LogP contribution in [-0.4, -0.2) is 47.6 Å². The van der Waals surface area contributed by atoms with Crippen LogP contribution in [0.15, 0.2) is 17.0 Å². The second kappa shape index (κ2) is 7.94. The van der Waals surface area contributed by atoms with Crippen molar-refractivity contribution in [3.8, 4) is 5.75 Å². The number of nitrogens with zero attached hydrogens (tertiary/aromatic N) is 1. The number of nitrogens with one attached hydrogen (secondary N) is 1. The van der Waals surface area contributed by atoms with Crippen LogP contribution in [0.3, 0.4) is 0 Å². The van der Waals surface area contributed by atoms with E-state index in [9.17, 15) is 8.42 Å². The number of aryl methyl sites for hydroxylation is 1. The summed E-state index contributed by atoms with van der Waals surface area (Å²) in [4.78, 5) is 2.37. The minimum atomic E-state index is -3.49. The lowest BCUT2D eigenvalue weighted by molar-refractivity contribution is 0.400. The van der Waals surface area contributed by atoms with Crippen LogP contribution in [0.25, 0.3) is 0 Å². The number of rotatable bonds is 8. The topological polar surface area (TPSA) is 58.6 Å². The van der Waals surface area contributed by atoms with Gasteiger partial charge in [-0.3, -0.25) is 0 Å². The Labute approximate surface area is 134 Å². The Morgan fingerprint density at radius 2 is 1.91 bits per heavy atom. The lowest BCUT2D eigenvalue weighted by Gasteiger charge is -2.17. The van der Waals surface area contributed by atoms with Gasteiger partial charge in [0.15, 0.2) is 0 Å². The van der Waals surface area contributed by atoms with Gasteiger partial charge in [0.25, 0.3) is 0 Å². The average Bonchev–Trinajstić information content (AvgIpc) is 2.42. The van der Waals surface area contributed by atoms with Crippen molar-refractivity contribution >= 4 is 10.0 Å². The molecule has 0 saturated heterocycles. The van der Waals surface area contributed by atoms with Gasteiger partial charge in [-0.05, 0) is 63.2 Å². The molecule has 6 heteroatoms. The third-order valence-electron chi connectivity index (χ3n) is 3.51. The molecule has 126 valence electrons. The Morgan fingerprint density at radius 3 is 2.41 bits per heavy atom. The quantitative estimate of drug-likeness (QED) is 0.744. The number of ether oxygens (including phenoxy) is 1. The van der Waals surface area contributed by atoms with Crippen molar-refractivity contribution in [1.82, 2.24) is 9.62 Å². The molecule has 0 heterocycles. The molecule has 0 amide bonds. The van der Waals surface area contributed by atoms with E-state index in [1.165, 1.54) is 0 Å². The highest BCUT2D eigenvalue weighted by Crippen LogP contribution is 2.31. The Balaban J connectivity index is 3.01. The highest BCUT2D eigenvalue weighted by atomic mass is 32.2. The maximum absolute atomic E-state index is 12.5. The number of sulfonamides is 1. The molecule has 0 atom stereocenters. The lowest BCUT2D eigenvalue weighted by Crippen LogP contribution is -2.28. The molecule has 22 heavy (non-hydrogen) atoms. The van der Waals surface area contributed by atoms with Crippen LogP contribution in [0.1, 0.15) is 37.3 Å². The Bertz CT molecular complexity index is 596.